The smallest absolute Gasteiger partial charge is 0.232 e. The largest absolute Gasteiger partial charge is 0.490 e. The zero-order valence-corrected chi connectivity index (χ0v) is 18.2. The van der Waals surface area contributed by atoms with Crippen molar-refractivity contribution >= 4 is 11.6 Å². The van der Waals surface area contributed by atoms with Crippen LogP contribution in [0.25, 0.3) is 0 Å². The maximum absolute atomic E-state index is 13.7. The molecular weight excluding hydrogens is 376 g/mol. The fraction of sp³-hybridized carbons (Fsp3) is 0.636. The minimum atomic E-state index is -0.658. The molecule has 1 fully saturated rings. The third-order valence-corrected chi connectivity index (χ3v) is 4.80. The van der Waals surface area contributed by atoms with Crippen molar-refractivity contribution in [2.24, 2.45) is 15.9 Å². The Hall–Kier alpha value is -2.02. The van der Waals surface area contributed by atoms with E-state index in [2.05, 4.69) is 14.9 Å². The van der Waals surface area contributed by atoms with E-state index in [0.29, 0.717) is 25.0 Å². The van der Waals surface area contributed by atoms with Crippen LogP contribution in [0.4, 0.5) is 8.78 Å². The van der Waals surface area contributed by atoms with Gasteiger partial charge in [0.15, 0.2) is 11.6 Å². The van der Waals surface area contributed by atoms with Crippen molar-refractivity contribution in [1.82, 2.24) is 4.90 Å². The molecule has 1 aromatic rings. The number of hydrogen-bond acceptors (Lipinski definition) is 5. The molecule has 1 unspecified atom stereocenters. The van der Waals surface area contributed by atoms with Crippen molar-refractivity contribution in [2.45, 2.75) is 45.6 Å². The normalized spacial score (nSPS) is 19.8. The van der Waals surface area contributed by atoms with E-state index in [4.69, 9.17) is 9.47 Å². The fourth-order valence-electron chi connectivity index (χ4n) is 3.32. The Morgan fingerprint density at radius 2 is 1.90 bits per heavy atom. The number of ether oxygens (including phenoxy) is 2. The first kappa shape index (κ1) is 23.3. The highest BCUT2D eigenvalue weighted by molar-refractivity contribution is 6.39. The summed E-state index contributed by atoms with van der Waals surface area (Å²) < 4.78 is 38.3. The molecular formula is C22H33F2N3O2. The topological polar surface area (TPSA) is 46.4 Å². The van der Waals surface area contributed by atoms with Crippen LogP contribution in [-0.4, -0.2) is 62.4 Å². The number of aliphatic imine (C=N–C) groups is 2. The van der Waals surface area contributed by atoms with Gasteiger partial charge in [-0.2, -0.15) is 0 Å². The van der Waals surface area contributed by atoms with Gasteiger partial charge in [0.2, 0.25) is 5.90 Å². The van der Waals surface area contributed by atoms with Gasteiger partial charge in [-0.05, 0) is 71.2 Å². The Morgan fingerprint density at radius 3 is 2.52 bits per heavy atom. The van der Waals surface area contributed by atoms with E-state index in [0.717, 1.165) is 44.1 Å². The molecule has 0 aliphatic carbocycles. The summed E-state index contributed by atoms with van der Waals surface area (Å²) in [5.41, 5.74) is 0.507. The van der Waals surface area contributed by atoms with Gasteiger partial charge in [-0.3, -0.25) is 14.9 Å². The van der Waals surface area contributed by atoms with Crippen LogP contribution in [0.2, 0.25) is 0 Å². The van der Waals surface area contributed by atoms with Crippen molar-refractivity contribution in [3.05, 3.63) is 29.8 Å². The van der Waals surface area contributed by atoms with Gasteiger partial charge in [0, 0.05) is 26.7 Å². The zero-order valence-electron chi connectivity index (χ0n) is 18.2. The lowest BCUT2D eigenvalue weighted by atomic mass is 10.0. The molecule has 7 heteroatoms. The molecule has 0 N–H and O–H groups in total. The number of nitrogens with zero attached hydrogens (tertiary/aromatic N) is 3. The van der Waals surface area contributed by atoms with E-state index in [1.54, 1.807) is 14.1 Å². The Labute approximate surface area is 172 Å². The van der Waals surface area contributed by atoms with Gasteiger partial charge in [0.25, 0.3) is 0 Å². The second-order valence-electron chi connectivity index (χ2n) is 8.37. The quantitative estimate of drug-likeness (QED) is 0.518. The molecule has 1 heterocycles. The number of halogens is 2. The Morgan fingerprint density at radius 1 is 1.14 bits per heavy atom. The van der Waals surface area contributed by atoms with Crippen LogP contribution in [0, 0.1) is 17.6 Å². The van der Waals surface area contributed by atoms with Crippen LogP contribution < -0.4 is 4.74 Å². The SMILES string of the molecule is CN=C(CN1CCCC(COc2ccc(F)cc2F)CC1)C(=NC)OC(C)(C)C. The number of hydrogen-bond donors (Lipinski definition) is 0. The first-order valence-electron chi connectivity index (χ1n) is 10.1. The number of benzene rings is 1. The molecule has 0 saturated carbocycles. The lowest BCUT2D eigenvalue weighted by molar-refractivity contribution is 0.120. The molecule has 1 aliphatic heterocycles. The van der Waals surface area contributed by atoms with Crippen molar-refractivity contribution in [3.63, 3.8) is 0 Å². The van der Waals surface area contributed by atoms with Gasteiger partial charge in [-0.15, -0.1) is 0 Å². The van der Waals surface area contributed by atoms with Crippen molar-refractivity contribution < 1.29 is 18.3 Å². The third-order valence-electron chi connectivity index (χ3n) is 4.80. The van der Waals surface area contributed by atoms with E-state index >= 15 is 0 Å². The van der Waals surface area contributed by atoms with Crippen molar-refractivity contribution in [3.8, 4) is 5.75 Å². The molecule has 1 saturated heterocycles. The molecule has 0 radical (unpaired) electrons. The molecule has 162 valence electrons. The fourth-order valence-corrected chi connectivity index (χ4v) is 3.32. The third kappa shape index (κ3) is 7.72. The van der Waals surface area contributed by atoms with Crippen LogP contribution in [0.3, 0.4) is 0 Å². The van der Waals surface area contributed by atoms with E-state index in [-0.39, 0.29) is 11.4 Å². The Balaban J connectivity index is 1.88. The highest BCUT2D eigenvalue weighted by Crippen LogP contribution is 2.22. The zero-order chi connectivity index (χ0) is 21.4. The molecule has 0 bridgehead atoms. The highest BCUT2D eigenvalue weighted by atomic mass is 19.1. The maximum Gasteiger partial charge on any atom is 0.232 e. The Kier molecular flexibility index (Phi) is 8.56. The summed E-state index contributed by atoms with van der Waals surface area (Å²) in [7, 11) is 3.48. The predicted octanol–water partition coefficient (Wildman–Crippen LogP) is 4.36. The van der Waals surface area contributed by atoms with Gasteiger partial charge in [-0.1, -0.05) is 0 Å². The van der Waals surface area contributed by atoms with Crippen LogP contribution in [0.15, 0.2) is 28.2 Å². The summed E-state index contributed by atoms with van der Waals surface area (Å²) in [6.45, 7) is 8.93. The van der Waals surface area contributed by atoms with Gasteiger partial charge in [-0.25, -0.2) is 8.78 Å². The Bertz CT molecular complexity index is 729. The monoisotopic (exact) mass is 409 g/mol. The van der Waals surface area contributed by atoms with Crippen LogP contribution >= 0.6 is 0 Å². The highest BCUT2D eigenvalue weighted by Gasteiger charge is 2.23. The molecule has 1 aromatic carbocycles. The van der Waals surface area contributed by atoms with E-state index < -0.39 is 11.6 Å². The van der Waals surface area contributed by atoms with Crippen molar-refractivity contribution in [1.29, 1.82) is 0 Å². The minimum Gasteiger partial charge on any atom is -0.490 e. The van der Waals surface area contributed by atoms with E-state index in [1.807, 2.05) is 20.8 Å². The van der Waals surface area contributed by atoms with Gasteiger partial charge in [0.05, 0.1) is 6.61 Å². The molecule has 1 aliphatic rings. The molecule has 0 amide bonds. The van der Waals surface area contributed by atoms with Crippen LogP contribution in [0.1, 0.15) is 40.0 Å². The molecule has 0 aromatic heterocycles. The molecule has 0 spiro atoms. The molecule has 1 atom stereocenters. The second-order valence-corrected chi connectivity index (χ2v) is 8.37. The summed E-state index contributed by atoms with van der Waals surface area (Å²) in [5, 5.41) is 0. The summed E-state index contributed by atoms with van der Waals surface area (Å²) in [6, 6.07) is 3.41. The van der Waals surface area contributed by atoms with Crippen LogP contribution in [0.5, 0.6) is 5.75 Å². The standard InChI is InChI=1S/C22H33F2N3O2/c1-22(2,3)29-21(26-5)19(25-4)14-27-11-6-7-16(10-12-27)15-28-20-9-8-17(23)13-18(20)24/h8-9,13,16H,6-7,10-12,14-15H2,1-5H3. The predicted molar refractivity (Wildman–Crippen MR) is 113 cm³/mol. The molecule has 2 rings (SSSR count). The van der Waals surface area contributed by atoms with Crippen molar-refractivity contribution in [2.75, 3.05) is 40.3 Å². The molecule has 5 nitrogen and oxygen atoms in total. The van der Waals surface area contributed by atoms with E-state index in [9.17, 15) is 8.78 Å². The maximum atomic E-state index is 13.7. The van der Waals surface area contributed by atoms with Gasteiger partial charge >= 0.3 is 0 Å². The average Bonchev–Trinajstić information content (AvgIpc) is 2.88. The van der Waals surface area contributed by atoms with Crippen LogP contribution in [-0.2, 0) is 4.74 Å². The lowest BCUT2D eigenvalue weighted by Gasteiger charge is -2.26. The van der Waals surface area contributed by atoms with Gasteiger partial charge < -0.3 is 9.47 Å². The average molecular weight is 410 g/mol. The summed E-state index contributed by atoms with van der Waals surface area (Å²) >= 11 is 0. The lowest BCUT2D eigenvalue weighted by Crippen LogP contribution is -2.38. The second kappa shape index (κ2) is 10.7. The summed E-state index contributed by atoms with van der Waals surface area (Å²) in [6.07, 6.45) is 2.97. The first-order chi connectivity index (χ1) is 13.7. The first-order valence-corrected chi connectivity index (χ1v) is 10.1. The number of rotatable bonds is 6. The minimum absolute atomic E-state index is 0.107. The van der Waals surface area contributed by atoms with E-state index in [1.165, 1.54) is 12.1 Å². The summed E-state index contributed by atoms with van der Waals surface area (Å²) in [4.78, 5) is 11.0. The summed E-state index contributed by atoms with van der Waals surface area (Å²) in [5.74, 6) is -0.239. The van der Waals surface area contributed by atoms with Gasteiger partial charge in [0.1, 0.15) is 17.1 Å². The molecule has 29 heavy (non-hydrogen) atoms. The number of likely N-dealkylation sites (tertiary alicyclic amines) is 1.